The lowest BCUT2D eigenvalue weighted by Gasteiger charge is -2.35. The topological polar surface area (TPSA) is 79.4 Å². The van der Waals surface area contributed by atoms with Crippen LogP contribution in [0.4, 0.5) is 5.69 Å². The lowest BCUT2D eigenvalue weighted by molar-refractivity contribution is -0.131. The molecule has 0 unspecified atom stereocenters. The van der Waals surface area contributed by atoms with Gasteiger partial charge in [-0.25, -0.2) is 8.42 Å². The van der Waals surface area contributed by atoms with Gasteiger partial charge in [0.05, 0.1) is 26.2 Å². The van der Waals surface area contributed by atoms with Crippen LogP contribution < -0.4 is 13.8 Å². The molecule has 1 heterocycles. The van der Waals surface area contributed by atoms with Gasteiger partial charge in [0.1, 0.15) is 18.0 Å². The molecule has 33 heavy (non-hydrogen) atoms. The first-order valence-electron chi connectivity index (χ1n) is 10.7. The molecule has 1 aliphatic rings. The van der Waals surface area contributed by atoms with Crippen LogP contribution in [0.2, 0.25) is 0 Å². The van der Waals surface area contributed by atoms with Crippen LogP contribution in [0.3, 0.4) is 0 Å². The molecule has 8 nitrogen and oxygen atoms in total. The third-order valence-electron chi connectivity index (χ3n) is 5.53. The molecule has 0 radical (unpaired) electrons. The van der Waals surface area contributed by atoms with E-state index in [4.69, 9.17) is 9.47 Å². The monoisotopic (exact) mass is 473 g/mol. The number of benzene rings is 2. The first-order valence-corrected chi connectivity index (χ1v) is 12.6. The maximum absolute atomic E-state index is 13.0. The molecule has 0 bridgehead atoms. The Morgan fingerprint density at radius 3 is 2.33 bits per heavy atom. The van der Waals surface area contributed by atoms with Crippen LogP contribution in [0.5, 0.6) is 11.5 Å². The standard InChI is InChI=1S/C24H31N3O5S/c1-31-21-11-12-23(32-2)22(18-21)27(33(3,29)30)19-24(28)26-16-14-25(15-17-26)13-7-10-20-8-5-4-6-9-20/h4-12,18H,13-17,19H2,1-3H3. The molecule has 1 saturated heterocycles. The summed E-state index contributed by atoms with van der Waals surface area (Å²) in [7, 11) is -0.774. The molecular weight excluding hydrogens is 442 g/mol. The molecule has 0 aliphatic carbocycles. The second-order valence-corrected chi connectivity index (χ2v) is 9.71. The van der Waals surface area contributed by atoms with E-state index in [1.54, 1.807) is 23.1 Å². The number of anilines is 1. The molecule has 0 N–H and O–H groups in total. The number of rotatable bonds is 9. The van der Waals surface area contributed by atoms with Gasteiger partial charge in [-0.15, -0.1) is 0 Å². The van der Waals surface area contributed by atoms with E-state index in [0.29, 0.717) is 24.6 Å². The Morgan fingerprint density at radius 1 is 1.03 bits per heavy atom. The number of carbonyl (C=O) groups is 1. The number of sulfonamides is 1. The van der Waals surface area contributed by atoms with Gasteiger partial charge in [-0.2, -0.15) is 0 Å². The maximum Gasteiger partial charge on any atom is 0.243 e. The molecule has 1 fully saturated rings. The Kier molecular flexibility index (Phi) is 8.35. The van der Waals surface area contributed by atoms with Crippen molar-refractivity contribution in [1.82, 2.24) is 9.80 Å². The Balaban J connectivity index is 1.62. The van der Waals surface area contributed by atoms with Gasteiger partial charge in [-0.05, 0) is 17.7 Å². The summed E-state index contributed by atoms with van der Waals surface area (Å²) >= 11 is 0. The summed E-state index contributed by atoms with van der Waals surface area (Å²) < 4.78 is 36.7. The Hall–Kier alpha value is -3.04. The fourth-order valence-corrected chi connectivity index (χ4v) is 4.52. The number of ether oxygens (including phenoxy) is 2. The molecule has 0 spiro atoms. The summed E-state index contributed by atoms with van der Waals surface area (Å²) in [6, 6.07) is 15.0. The van der Waals surface area contributed by atoms with Crippen molar-refractivity contribution in [3.63, 3.8) is 0 Å². The number of carbonyl (C=O) groups excluding carboxylic acids is 1. The highest BCUT2D eigenvalue weighted by Crippen LogP contribution is 2.33. The molecule has 1 amide bonds. The van der Waals surface area contributed by atoms with E-state index >= 15 is 0 Å². The number of nitrogens with zero attached hydrogens (tertiary/aromatic N) is 3. The Labute approximate surface area is 196 Å². The molecule has 0 atom stereocenters. The third kappa shape index (κ3) is 6.72. The van der Waals surface area contributed by atoms with Crippen LogP contribution in [0.1, 0.15) is 5.56 Å². The number of hydrogen-bond donors (Lipinski definition) is 0. The van der Waals surface area contributed by atoms with Crippen molar-refractivity contribution in [2.45, 2.75) is 0 Å². The molecular formula is C24H31N3O5S. The minimum Gasteiger partial charge on any atom is -0.497 e. The van der Waals surface area contributed by atoms with Gasteiger partial charge < -0.3 is 14.4 Å². The minimum atomic E-state index is -3.73. The average molecular weight is 474 g/mol. The molecule has 2 aromatic rings. The molecule has 0 aromatic heterocycles. The second-order valence-electron chi connectivity index (χ2n) is 7.80. The first-order chi connectivity index (χ1) is 15.8. The summed E-state index contributed by atoms with van der Waals surface area (Å²) in [5, 5.41) is 0. The van der Waals surface area contributed by atoms with E-state index in [1.165, 1.54) is 14.2 Å². The summed E-state index contributed by atoms with van der Waals surface area (Å²) in [4.78, 5) is 17.0. The van der Waals surface area contributed by atoms with E-state index < -0.39 is 10.0 Å². The first kappa shape index (κ1) is 24.6. The SMILES string of the molecule is COc1ccc(OC)c(N(CC(=O)N2CCN(CC=Cc3ccccc3)CC2)S(C)(=O)=O)c1. The van der Waals surface area contributed by atoms with Crippen LogP contribution in [0, 0.1) is 0 Å². The lowest BCUT2D eigenvalue weighted by atomic mass is 10.2. The predicted molar refractivity (Wildman–Crippen MR) is 130 cm³/mol. The van der Waals surface area contributed by atoms with Crippen molar-refractivity contribution < 1.29 is 22.7 Å². The van der Waals surface area contributed by atoms with E-state index in [9.17, 15) is 13.2 Å². The van der Waals surface area contributed by atoms with Crippen LogP contribution >= 0.6 is 0 Å². The number of methoxy groups -OCH3 is 2. The van der Waals surface area contributed by atoms with Crippen molar-refractivity contribution >= 4 is 27.7 Å². The van der Waals surface area contributed by atoms with Gasteiger partial charge in [0, 0.05) is 38.8 Å². The fourth-order valence-electron chi connectivity index (χ4n) is 3.68. The van der Waals surface area contributed by atoms with E-state index in [-0.39, 0.29) is 18.1 Å². The van der Waals surface area contributed by atoms with Crippen LogP contribution in [-0.2, 0) is 14.8 Å². The van der Waals surface area contributed by atoms with Crippen molar-refractivity contribution in [3.05, 3.63) is 60.2 Å². The largest absolute Gasteiger partial charge is 0.497 e. The zero-order valence-corrected chi connectivity index (χ0v) is 20.1. The van der Waals surface area contributed by atoms with Gasteiger partial charge in [0.2, 0.25) is 15.9 Å². The summed E-state index contributed by atoms with van der Waals surface area (Å²) in [5.41, 5.74) is 1.43. The Morgan fingerprint density at radius 2 is 1.73 bits per heavy atom. The number of amides is 1. The fraction of sp³-hybridized carbons (Fsp3) is 0.375. The molecule has 9 heteroatoms. The molecule has 178 valence electrons. The number of hydrogen-bond acceptors (Lipinski definition) is 6. The van der Waals surface area contributed by atoms with Gasteiger partial charge in [-0.1, -0.05) is 42.5 Å². The normalized spacial score (nSPS) is 14.9. The lowest BCUT2D eigenvalue weighted by Crippen LogP contribution is -2.51. The maximum atomic E-state index is 13.0. The zero-order valence-electron chi connectivity index (χ0n) is 19.3. The van der Waals surface area contributed by atoms with Crippen LogP contribution in [0.15, 0.2) is 54.6 Å². The highest BCUT2D eigenvalue weighted by molar-refractivity contribution is 7.92. The zero-order chi connectivity index (χ0) is 23.8. The van der Waals surface area contributed by atoms with Crippen molar-refractivity contribution in [3.8, 4) is 11.5 Å². The summed E-state index contributed by atoms with van der Waals surface area (Å²) in [6.07, 6.45) is 5.28. The number of piperazine rings is 1. The predicted octanol–water partition coefficient (Wildman–Crippen LogP) is 2.33. The highest BCUT2D eigenvalue weighted by atomic mass is 32.2. The van der Waals surface area contributed by atoms with Gasteiger partial charge in [0.25, 0.3) is 0 Å². The molecule has 2 aromatic carbocycles. The molecule has 3 rings (SSSR count). The second kappa shape index (κ2) is 11.2. The smallest absolute Gasteiger partial charge is 0.243 e. The average Bonchev–Trinajstić information content (AvgIpc) is 2.82. The van der Waals surface area contributed by atoms with Crippen molar-refractivity contribution in [2.75, 3.05) is 64.0 Å². The van der Waals surface area contributed by atoms with Crippen molar-refractivity contribution in [1.29, 1.82) is 0 Å². The van der Waals surface area contributed by atoms with E-state index in [2.05, 4.69) is 29.2 Å². The van der Waals surface area contributed by atoms with Gasteiger partial charge in [0.15, 0.2) is 0 Å². The van der Waals surface area contributed by atoms with E-state index in [0.717, 1.165) is 35.8 Å². The van der Waals surface area contributed by atoms with Crippen LogP contribution in [-0.4, -0.2) is 83.9 Å². The van der Waals surface area contributed by atoms with Gasteiger partial charge in [-0.3, -0.25) is 14.0 Å². The Bertz CT molecular complexity index is 1060. The van der Waals surface area contributed by atoms with Crippen molar-refractivity contribution in [2.24, 2.45) is 0 Å². The summed E-state index contributed by atoms with van der Waals surface area (Å²) in [5.74, 6) is 0.581. The van der Waals surface area contributed by atoms with Gasteiger partial charge >= 0.3 is 0 Å². The summed E-state index contributed by atoms with van der Waals surface area (Å²) in [6.45, 7) is 3.05. The quantitative estimate of drug-likeness (QED) is 0.556. The van der Waals surface area contributed by atoms with Crippen LogP contribution in [0.25, 0.3) is 6.08 Å². The van der Waals surface area contributed by atoms with E-state index in [1.807, 2.05) is 18.2 Å². The third-order valence-corrected chi connectivity index (χ3v) is 6.66. The highest BCUT2D eigenvalue weighted by Gasteiger charge is 2.28. The molecule has 1 aliphatic heterocycles. The molecule has 0 saturated carbocycles. The minimum absolute atomic E-state index is 0.246.